The van der Waals surface area contributed by atoms with Crippen molar-refractivity contribution in [2.75, 3.05) is 26.7 Å². The quantitative estimate of drug-likeness (QED) is 0.765. The molecule has 18 heavy (non-hydrogen) atoms. The van der Waals surface area contributed by atoms with E-state index in [-0.39, 0.29) is 11.9 Å². The van der Waals surface area contributed by atoms with E-state index in [1.54, 1.807) is 0 Å². The van der Waals surface area contributed by atoms with Crippen LogP contribution in [0, 0.1) is 0 Å². The number of ether oxygens (including phenoxy) is 1. The number of amides is 1. The van der Waals surface area contributed by atoms with Crippen molar-refractivity contribution in [3.63, 3.8) is 0 Å². The third-order valence-electron chi connectivity index (χ3n) is 4.35. The van der Waals surface area contributed by atoms with E-state index in [9.17, 15) is 4.79 Å². The largest absolute Gasteiger partial charge is 0.375 e. The van der Waals surface area contributed by atoms with Crippen molar-refractivity contribution in [3.8, 4) is 0 Å². The molecule has 2 atom stereocenters. The summed E-state index contributed by atoms with van der Waals surface area (Å²) in [6.45, 7) is 6.35. The van der Waals surface area contributed by atoms with Crippen LogP contribution in [-0.4, -0.2) is 60.6 Å². The molecule has 1 saturated heterocycles. The fourth-order valence-electron chi connectivity index (χ4n) is 2.95. The highest BCUT2D eigenvalue weighted by Crippen LogP contribution is 2.28. The van der Waals surface area contributed by atoms with E-state index in [4.69, 9.17) is 4.74 Å². The fourth-order valence-corrected chi connectivity index (χ4v) is 2.95. The van der Waals surface area contributed by atoms with Crippen LogP contribution in [0.2, 0.25) is 0 Å². The summed E-state index contributed by atoms with van der Waals surface area (Å²) in [6.07, 6.45) is 5.26. The van der Waals surface area contributed by atoms with Gasteiger partial charge in [-0.05, 0) is 26.7 Å². The molecule has 4 nitrogen and oxygen atoms in total. The summed E-state index contributed by atoms with van der Waals surface area (Å²) in [5.41, 5.74) is 0. The molecule has 104 valence electrons. The van der Waals surface area contributed by atoms with Crippen molar-refractivity contribution < 1.29 is 9.53 Å². The second kappa shape index (κ2) is 6.02. The van der Waals surface area contributed by atoms with Gasteiger partial charge in [-0.3, -0.25) is 9.69 Å². The molecular formula is C14H26N2O2. The Labute approximate surface area is 110 Å². The number of carbonyl (C=O) groups excluding carboxylic acids is 1. The molecule has 1 saturated carbocycles. The van der Waals surface area contributed by atoms with E-state index in [2.05, 4.69) is 18.7 Å². The molecule has 1 aliphatic carbocycles. The van der Waals surface area contributed by atoms with Crippen molar-refractivity contribution in [3.05, 3.63) is 0 Å². The first-order chi connectivity index (χ1) is 8.59. The first-order valence-electron chi connectivity index (χ1n) is 7.21. The SMILES string of the molecule is CC(C)N(C)C(=O)CN1CCOC2CCCCC21. The van der Waals surface area contributed by atoms with Crippen LogP contribution in [-0.2, 0) is 9.53 Å². The molecule has 1 amide bonds. The Kier molecular flexibility index (Phi) is 4.62. The summed E-state index contributed by atoms with van der Waals surface area (Å²) in [5, 5.41) is 0. The molecule has 4 heteroatoms. The molecule has 1 heterocycles. The lowest BCUT2D eigenvalue weighted by molar-refractivity contribution is -0.139. The molecule has 0 aromatic carbocycles. The standard InChI is InChI=1S/C14H26N2O2/c1-11(2)15(3)14(17)10-16-8-9-18-13-7-5-4-6-12(13)16/h11-13H,4-10H2,1-3H3. The minimum atomic E-state index is 0.233. The second-order valence-corrected chi connectivity index (χ2v) is 5.83. The molecule has 2 rings (SSSR count). The van der Waals surface area contributed by atoms with Gasteiger partial charge in [-0.1, -0.05) is 12.8 Å². The Balaban J connectivity index is 1.93. The number of hydrogen-bond acceptors (Lipinski definition) is 3. The van der Waals surface area contributed by atoms with Gasteiger partial charge in [-0.25, -0.2) is 0 Å². The molecule has 0 radical (unpaired) electrons. The van der Waals surface area contributed by atoms with Crippen LogP contribution < -0.4 is 0 Å². The van der Waals surface area contributed by atoms with Crippen LogP contribution in [0.5, 0.6) is 0 Å². The third-order valence-corrected chi connectivity index (χ3v) is 4.35. The van der Waals surface area contributed by atoms with Crippen LogP contribution in [0.15, 0.2) is 0 Å². The van der Waals surface area contributed by atoms with Gasteiger partial charge in [0.1, 0.15) is 0 Å². The summed E-state index contributed by atoms with van der Waals surface area (Å²) in [7, 11) is 1.89. The predicted molar refractivity (Wildman–Crippen MR) is 71.5 cm³/mol. The minimum Gasteiger partial charge on any atom is -0.375 e. The van der Waals surface area contributed by atoms with E-state index in [0.29, 0.717) is 18.7 Å². The number of nitrogens with zero attached hydrogens (tertiary/aromatic N) is 2. The second-order valence-electron chi connectivity index (χ2n) is 5.83. The highest BCUT2D eigenvalue weighted by atomic mass is 16.5. The minimum absolute atomic E-state index is 0.233. The Hall–Kier alpha value is -0.610. The predicted octanol–water partition coefficient (Wildman–Crippen LogP) is 1.50. The summed E-state index contributed by atoms with van der Waals surface area (Å²) >= 11 is 0. The summed E-state index contributed by atoms with van der Waals surface area (Å²) in [4.78, 5) is 16.4. The van der Waals surface area contributed by atoms with Gasteiger partial charge in [-0.15, -0.1) is 0 Å². The fraction of sp³-hybridized carbons (Fsp3) is 0.929. The van der Waals surface area contributed by atoms with Crippen LogP contribution in [0.4, 0.5) is 0 Å². The van der Waals surface area contributed by atoms with Gasteiger partial charge in [0.15, 0.2) is 0 Å². The van der Waals surface area contributed by atoms with Crippen molar-refractivity contribution in [1.82, 2.24) is 9.80 Å². The van der Waals surface area contributed by atoms with Crippen LogP contribution in [0.1, 0.15) is 39.5 Å². The first-order valence-corrected chi connectivity index (χ1v) is 7.21. The maximum absolute atomic E-state index is 12.2. The van der Waals surface area contributed by atoms with Crippen molar-refractivity contribution in [1.29, 1.82) is 0 Å². The lowest BCUT2D eigenvalue weighted by Crippen LogP contribution is -2.55. The van der Waals surface area contributed by atoms with E-state index >= 15 is 0 Å². The zero-order valence-corrected chi connectivity index (χ0v) is 11.9. The number of carbonyl (C=O) groups is 1. The van der Waals surface area contributed by atoms with Gasteiger partial charge < -0.3 is 9.64 Å². The van der Waals surface area contributed by atoms with Crippen LogP contribution in [0.25, 0.3) is 0 Å². The average molecular weight is 254 g/mol. The third kappa shape index (κ3) is 3.04. The van der Waals surface area contributed by atoms with Gasteiger partial charge in [0.25, 0.3) is 0 Å². The Morgan fingerprint density at radius 1 is 1.39 bits per heavy atom. The van der Waals surface area contributed by atoms with Crippen molar-refractivity contribution in [2.24, 2.45) is 0 Å². The average Bonchev–Trinajstić information content (AvgIpc) is 2.38. The monoisotopic (exact) mass is 254 g/mol. The highest BCUT2D eigenvalue weighted by molar-refractivity contribution is 5.78. The molecule has 0 spiro atoms. The Morgan fingerprint density at radius 2 is 2.11 bits per heavy atom. The van der Waals surface area contributed by atoms with Gasteiger partial charge in [0.2, 0.25) is 5.91 Å². The Bertz CT molecular complexity index is 292. The van der Waals surface area contributed by atoms with E-state index in [1.165, 1.54) is 19.3 Å². The molecule has 0 bridgehead atoms. The number of hydrogen-bond donors (Lipinski definition) is 0. The normalized spacial score (nSPS) is 29.1. The van der Waals surface area contributed by atoms with E-state index in [1.807, 2.05) is 11.9 Å². The van der Waals surface area contributed by atoms with Gasteiger partial charge >= 0.3 is 0 Å². The van der Waals surface area contributed by atoms with Crippen molar-refractivity contribution >= 4 is 5.91 Å². The summed E-state index contributed by atoms with van der Waals surface area (Å²) in [5.74, 6) is 0.233. The lowest BCUT2D eigenvalue weighted by Gasteiger charge is -2.44. The summed E-state index contributed by atoms with van der Waals surface area (Å²) < 4.78 is 5.84. The number of morpholine rings is 1. The van der Waals surface area contributed by atoms with Crippen molar-refractivity contribution in [2.45, 2.75) is 57.7 Å². The topological polar surface area (TPSA) is 32.8 Å². The molecule has 2 aliphatic rings. The molecule has 0 aromatic heterocycles. The number of likely N-dealkylation sites (N-methyl/N-ethyl adjacent to an activating group) is 1. The smallest absolute Gasteiger partial charge is 0.236 e. The molecular weight excluding hydrogens is 228 g/mol. The first kappa shape index (κ1) is 13.8. The van der Waals surface area contributed by atoms with Gasteiger partial charge in [0, 0.05) is 25.7 Å². The van der Waals surface area contributed by atoms with Gasteiger partial charge in [-0.2, -0.15) is 0 Å². The number of rotatable bonds is 3. The van der Waals surface area contributed by atoms with Crippen LogP contribution >= 0.6 is 0 Å². The lowest BCUT2D eigenvalue weighted by atomic mass is 9.90. The highest BCUT2D eigenvalue weighted by Gasteiger charge is 2.35. The maximum Gasteiger partial charge on any atom is 0.236 e. The summed E-state index contributed by atoms with van der Waals surface area (Å²) in [6, 6.07) is 0.748. The molecule has 2 fully saturated rings. The maximum atomic E-state index is 12.2. The molecule has 2 unspecified atom stereocenters. The molecule has 0 N–H and O–H groups in total. The molecule has 1 aliphatic heterocycles. The zero-order valence-electron chi connectivity index (χ0n) is 11.9. The van der Waals surface area contributed by atoms with Crippen LogP contribution in [0.3, 0.4) is 0 Å². The van der Waals surface area contributed by atoms with E-state index < -0.39 is 0 Å². The van der Waals surface area contributed by atoms with Gasteiger partial charge in [0.05, 0.1) is 19.3 Å². The zero-order chi connectivity index (χ0) is 13.1. The Morgan fingerprint density at radius 3 is 2.83 bits per heavy atom. The van der Waals surface area contributed by atoms with E-state index in [0.717, 1.165) is 19.6 Å². The molecule has 0 aromatic rings. The number of fused-ring (bicyclic) bond motifs is 1.